The number of benzene rings is 1. The molecule has 0 spiro atoms. The molecule has 0 aliphatic carbocycles. The van der Waals surface area contributed by atoms with E-state index in [1.54, 1.807) is 6.20 Å². The summed E-state index contributed by atoms with van der Waals surface area (Å²) in [6, 6.07) is 8.07. The number of aryl methyl sites for hydroxylation is 1. The molecule has 4 nitrogen and oxygen atoms in total. The molecule has 5 heteroatoms. The molecule has 3 aromatic rings. The van der Waals surface area contributed by atoms with Crippen molar-refractivity contribution >= 4 is 32.5 Å². The molecule has 2 aromatic heterocycles. The lowest BCUT2D eigenvalue weighted by molar-refractivity contribution is 0.870. The summed E-state index contributed by atoms with van der Waals surface area (Å²) in [6.07, 6.45) is 5.50. The van der Waals surface area contributed by atoms with Gasteiger partial charge in [-0.1, -0.05) is 37.6 Å². The highest BCUT2D eigenvalue weighted by Crippen LogP contribution is 2.29. The van der Waals surface area contributed by atoms with Crippen LogP contribution in [0.25, 0.3) is 22.2 Å². The summed E-state index contributed by atoms with van der Waals surface area (Å²) in [5, 5.41) is 2.15. The molecule has 0 bridgehead atoms. The van der Waals surface area contributed by atoms with Gasteiger partial charge in [0.25, 0.3) is 0 Å². The Morgan fingerprint density at radius 2 is 1.95 bits per heavy atom. The van der Waals surface area contributed by atoms with Crippen LogP contribution in [0.4, 0.5) is 5.82 Å². The summed E-state index contributed by atoms with van der Waals surface area (Å²) in [6.45, 7) is 2.11. The van der Waals surface area contributed by atoms with Crippen LogP contribution in [0.3, 0.4) is 0 Å². The maximum absolute atomic E-state index is 6.01. The van der Waals surface area contributed by atoms with Gasteiger partial charge in [0, 0.05) is 23.3 Å². The minimum atomic E-state index is 0.469. The Morgan fingerprint density at radius 3 is 2.76 bits per heavy atom. The van der Waals surface area contributed by atoms with E-state index in [9.17, 15) is 0 Å². The predicted octanol–water partition coefficient (Wildman–Crippen LogP) is 3.99. The molecule has 1 aromatic carbocycles. The van der Waals surface area contributed by atoms with E-state index in [1.807, 2.05) is 30.5 Å². The Kier molecular flexibility index (Phi) is 3.84. The molecule has 0 fully saturated rings. The van der Waals surface area contributed by atoms with E-state index in [1.165, 1.54) is 0 Å². The zero-order valence-electron chi connectivity index (χ0n) is 11.7. The first kappa shape index (κ1) is 13.9. The highest BCUT2D eigenvalue weighted by molar-refractivity contribution is 9.10. The van der Waals surface area contributed by atoms with E-state index in [2.05, 4.69) is 37.8 Å². The van der Waals surface area contributed by atoms with Crippen molar-refractivity contribution in [1.82, 2.24) is 15.0 Å². The molecule has 0 aliphatic rings. The van der Waals surface area contributed by atoms with Crippen molar-refractivity contribution in [2.45, 2.75) is 19.8 Å². The summed E-state index contributed by atoms with van der Waals surface area (Å²) in [5.74, 6) is 1.10. The van der Waals surface area contributed by atoms with Crippen molar-refractivity contribution in [2.75, 3.05) is 5.73 Å². The molecule has 3 rings (SSSR count). The third-order valence-electron chi connectivity index (χ3n) is 3.34. The highest BCUT2D eigenvalue weighted by atomic mass is 79.9. The fourth-order valence-corrected chi connectivity index (χ4v) is 2.71. The maximum Gasteiger partial charge on any atom is 0.164 e. The highest BCUT2D eigenvalue weighted by Gasteiger charge is 2.13. The van der Waals surface area contributed by atoms with Crippen LogP contribution in [-0.2, 0) is 6.42 Å². The van der Waals surface area contributed by atoms with Crippen molar-refractivity contribution in [3.63, 3.8) is 0 Å². The zero-order valence-corrected chi connectivity index (χ0v) is 13.3. The summed E-state index contributed by atoms with van der Waals surface area (Å²) in [5.41, 5.74) is 7.86. The van der Waals surface area contributed by atoms with E-state index in [0.717, 1.165) is 39.3 Å². The second-order valence-electron chi connectivity index (χ2n) is 4.85. The van der Waals surface area contributed by atoms with Crippen LogP contribution in [0.5, 0.6) is 0 Å². The van der Waals surface area contributed by atoms with Crippen LogP contribution in [0.2, 0.25) is 0 Å². The van der Waals surface area contributed by atoms with E-state index in [-0.39, 0.29) is 0 Å². The SMILES string of the molecule is CCCc1nc(-c2cncc3ccccc23)nc(N)c1Br. The number of pyridine rings is 1. The minimum Gasteiger partial charge on any atom is -0.383 e. The molecule has 0 aliphatic heterocycles. The first-order valence-corrected chi connectivity index (χ1v) is 7.65. The standard InChI is InChI=1S/C16H15BrN4/c1-2-5-13-14(17)15(18)21-16(20-13)12-9-19-8-10-6-3-4-7-11(10)12/h3-4,6-9H,2,5H2,1H3,(H2,18,20,21). The van der Waals surface area contributed by atoms with E-state index < -0.39 is 0 Å². The average molecular weight is 343 g/mol. The number of aromatic nitrogens is 3. The molecule has 2 N–H and O–H groups in total. The van der Waals surface area contributed by atoms with E-state index in [0.29, 0.717) is 11.6 Å². The van der Waals surface area contributed by atoms with Gasteiger partial charge in [0.1, 0.15) is 5.82 Å². The molecule has 0 radical (unpaired) electrons. The van der Waals surface area contributed by atoms with Gasteiger partial charge < -0.3 is 5.73 Å². The average Bonchev–Trinajstić information content (AvgIpc) is 2.51. The second-order valence-corrected chi connectivity index (χ2v) is 5.64. The molecule has 2 heterocycles. The summed E-state index contributed by atoms with van der Waals surface area (Å²) in [4.78, 5) is 13.4. The Labute approximate surface area is 131 Å². The van der Waals surface area contributed by atoms with Crippen molar-refractivity contribution in [3.05, 3.63) is 46.8 Å². The number of hydrogen-bond acceptors (Lipinski definition) is 4. The van der Waals surface area contributed by atoms with Gasteiger partial charge >= 0.3 is 0 Å². The summed E-state index contributed by atoms with van der Waals surface area (Å²) in [7, 11) is 0. The molecule has 21 heavy (non-hydrogen) atoms. The van der Waals surface area contributed by atoms with Crippen molar-refractivity contribution < 1.29 is 0 Å². The normalized spacial score (nSPS) is 11.0. The zero-order chi connectivity index (χ0) is 14.8. The molecule has 0 unspecified atom stereocenters. The fourth-order valence-electron chi connectivity index (χ4n) is 2.33. The fraction of sp³-hybridized carbons (Fsp3) is 0.188. The summed E-state index contributed by atoms with van der Waals surface area (Å²) >= 11 is 3.47. The van der Waals surface area contributed by atoms with Gasteiger partial charge in [0.2, 0.25) is 0 Å². The number of nitrogens with two attached hydrogens (primary N) is 1. The molecule has 0 atom stereocenters. The van der Waals surface area contributed by atoms with Crippen molar-refractivity contribution in [2.24, 2.45) is 0 Å². The third-order valence-corrected chi connectivity index (χ3v) is 4.21. The largest absolute Gasteiger partial charge is 0.383 e. The van der Waals surface area contributed by atoms with Crippen molar-refractivity contribution in [1.29, 1.82) is 0 Å². The maximum atomic E-state index is 6.01. The van der Waals surface area contributed by atoms with E-state index >= 15 is 0 Å². The van der Waals surface area contributed by atoms with Gasteiger partial charge in [-0.25, -0.2) is 9.97 Å². The van der Waals surface area contributed by atoms with Crippen molar-refractivity contribution in [3.8, 4) is 11.4 Å². The molecule has 0 amide bonds. The van der Waals surface area contributed by atoms with Crippen LogP contribution in [0.15, 0.2) is 41.1 Å². The van der Waals surface area contributed by atoms with Crippen LogP contribution >= 0.6 is 15.9 Å². The van der Waals surface area contributed by atoms with Crippen LogP contribution in [-0.4, -0.2) is 15.0 Å². The number of anilines is 1. The van der Waals surface area contributed by atoms with Crippen LogP contribution < -0.4 is 5.73 Å². The third kappa shape index (κ3) is 2.61. The Morgan fingerprint density at radius 1 is 1.14 bits per heavy atom. The number of nitrogen functional groups attached to an aromatic ring is 1. The lowest BCUT2D eigenvalue weighted by Gasteiger charge is -2.10. The number of nitrogens with zero attached hydrogens (tertiary/aromatic N) is 3. The monoisotopic (exact) mass is 342 g/mol. The number of rotatable bonds is 3. The smallest absolute Gasteiger partial charge is 0.164 e. The van der Waals surface area contributed by atoms with Crippen LogP contribution in [0, 0.1) is 0 Å². The predicted molar refractivity (Wildman–Crippen MR) is 88.9 cm³/mol. The Hall–Kier alpha value is -2.01. The van der Waals surface area contributed by atoms with Gasteiger partial charge in [-0.3, -0.25) is 4.98 Å². The number of hydrogen-bond donors (Lipinski definition) is 1. The second kappa shape index (κ2) is 5.77. The molecule has 106 valence electrons. The Bertz CT molecular complexity index is 796. The van der Waals surface area contributed by atoms with Gasteiger partial charge in [-0.15, -0.1) is 0 Å². The van der Waals surface area contributed by atoms with Gasteiger partial charge in [-0.05, 0) is 27.7 Å². The first-order valence-electron chi connectivity index (χ1n) is 6.85. The summed E-state index contributed by atoms with van der Waals surface area (Å²) < 4.78 is 0.793. The van der Waals surface area contributed by atoms with E-state index in [4.69, 9.17) is 5.73 Å². The van der Waals surface area contributed by atoms with Gasteiger partial charge in [0.15, 0.2) is 5.82 Å². The molecular formula is C16H15BrN4. The van der Waals surface area contributed by atoms with Gasteiger partial charge in [-0.2, -0.15) is 0 Å². The number of fused-ring (bicyclic) bond motifs is 1. The lowest BCUT2D eigenvalue weighted by Crippen LogP contribution is -2.03. The van der Waals surface area contributed by atoms with Crippen LogP contribution in [0.1, 0.15) is 19.0 Å². The lowest BCUT2D eigenvalue weighted by atomic mass is 10.1. The molecule has 0 saturated heterocycles. The topological polar surface area (TPSA) is 64.7 Å². The molecular weight excluding hydrogens is 328 g/mol. The Balaban J connectivity index is 2.23. The molecule has 0 saturated carbocycles. The van der Waals surface area contributed by atoms with Gasteiger partial charge in [0.05, 0.1) is 10.2 Å². The number of halogens is 1. The quantitative estimate of drug-likeness (QED) is 0.781. The minimum absolute atomic E-state index is 0.469. The first-order chi connectivity index (χ1) is 10.2.